The van der Waals surface area contributed by atoms with Crippen molar-refractivity contribution < 1.29 is 9.53 Å². The molecule has 0 aliphatic heterocycles. The van der Waals surface area contributed by atoms with Crippen molar-refractivity contribution in [2.24, 2.45) is 0 Å². The third-order valence-electron chi connectivity index (χ3n) is 2.81. The number of para-hydroxylation sites is 1. The number of nitrogens with one attached hydrogen (secondary N) is 1. The Bertz CT molecular complexity index is 555. The molecule has 1 N–H and O–H groups in total. The van der Waals surface area contributed by atoms with Crippen molar-refractivity contribution in [1.29, 1.82) is 0 Å². The molecule has 0 saturated carbocycles. The highest BCUT2D eigenvalue weighted by atomic mass is 32.2. The summed E-state index contributed by atoms with van der Waals surface area (Å²) in [5, 5.41) is 2.88. The van der Waals surface area contributed by atoms with Crippen molar-refractivity contribution in [3.63, 3.8) is 0 Å². The van der Waals surface area contributed by atoms with Crippen molar-refractivity contribution in [2.75, 3.05) is 23.4 Å². The first-order valence-electron chi connectivity index (χ1n) is 6.86. The van der Waals surface area contributed by atoms with E-state index in [1.165, 1.54) is 5.56 Å². The molecule has 2 aromatic carbocycles. The molecule has 0 aliphatic rings. The highest BCUT2D eigenvalue weighted by Gasteiger charge is 2.02. The van der Waals surface area contributed by atoms with Gasteiger partial charge in [-0.1, -0.05) is 35.9 Å². The number of thioether (sulfide) groups is 1. The number of benzene rings is 2. The lowest BCUT2D eigenvalue weighted by Crippen LogP contribution is -2.15. The van der Waals surface area contributed by atoms with Crippen LogP contribution in [-0.4, -0.2) is 24.0 Å². The van der Waals surface area contributed by atoms with Crippen LogP contribution in [0.3, 0.4) is 0 Å². The number of amides is 1. The quantitative estimate of drug-likeness (QED) is 0.792. The van der Waals surface area contributed by atoms with Crippen LogP contribution >= 0.6 is 11.8 Å². The van der Waals surface area contributed by atoms with Gasteiger partial charge < -0.3 is 10.1 Å². The topological polar surface area (TPSA) is 38.3 Å². The summed E-state index contributed by atoms with van der Waals surface area (Å²) in [6.07, 6.45) is 0. The molecule has 0 fully saturated rings. The van der Waals surface area contributed by atoms with E-state index >= 15 is 0 Å². The number of ether oxygens (including phenoxy) is 1. The zero-order valence-electron chi connectivity index (χ0n) is 12.0. The molecule has 2 rings (SSSR count). The first kappa shape index (κ1) is 15.4. The van der Waals surface area contributed by atoms with Gasteiger partial charge in [-0.3, -0.25) is 4.79 Å². The lowest BCUT2D eigenvalue weighted by atomic mass is 10.2. The summed E-state index contributed by atoms with van der Waals surface area (Å²) in [7, 11) is 0. The fourth-order valence-corrected chi connectivity index (χ4v) is 2.34. The second-order valence-electron chi connectivity index (χ2n) is 4.63. The number of hydrogen-bond donors (Lipinski definition) is 1. The fraction of sp³-hybridized carbons (Fsp3) is 0.235. The predicted octanol–water partition coefficient (Wildman–Crippen LogP) is 3.75. The van der Waals surface area contributed by atoms with E-state index in [9.17, 15) is 4.79 Å². The highest BCUT2D eigenvalue weighted by molar-refractivity contribution is 7.99. The van der Waals surface area contributed by atoms with Crippen LogP contribution < -0.4 is 10.1 Å². The van der Waals surface area contributed by atoms with E-state index in [0.29, 0.717) is 12.4 Å². The zero-order chi connectivity index (χ0) is 14.9. The molecule has 1 amide bonds. The molecule has 0 aromatic heterocycles. The molecule has 0 atom stereocenters. The van der Waals surface area contributed by atoms with Crippen LogP contribution in [0.1, 0.15) is 5.56 Å². The molecule has 110 valence electrons. The average molecular weight is 301 g/mol. The van der Waals surface area contributed by atoms with Crippen LogP contribution in [0.25, 0.3) is 0 Å². The van der Waals surface area contributed by atoms with E-state index < -0.39 is 0 Å². The third-order valence-corrected chi connectivity index (χ3v) is 3.73. The number of rotatable bonds is 7. The molecular formula is C17H19NO2S. The third kappa shape index (κ3) is 5.92. The van der Waals surface area contributed by atoms with Gasteiger partial charge in [-0.05, 0) is 31.2 Å². The van der Waals surface area contributed by atoms with Crippen molar-refractivity contribution in [1.82, 2.24) is 0 Å². The summed E-state index contributed by atoms with van der Waals surface area (Å²) >= 11 is 1.57. The molecule has 0 bridgehead atoms. The van der Waals surface area contributed by atoms with Crippen LogP contribution in [0.5, 0.6) is 5.75 Å². The average Bonchev–Trinajstić information content (AvgIpc) is 2.50. The Morgan fingerprint density at radius 3 is 2.52 bits per heavy atom. The van der Waals surface area contributed by atoms with E-state index in [1.54, 1.807) is 11.8 Å². The zero-order valence-corrected chi connectivity index (χ0v) is 12.9. The monoisotopic (exact) mass is 301 g/mol. The Morgan fingerprint density at radius 2 is 1.81 bits per heavy atom. The van der Waals surface area contributed by atoms with Gasteiger partial charge in [-0.2, -0.15) is 0 Å². The van der Waals surface area contributed by atoms with Crippen molar-refractivity contribution in [2.45, 2.75) is 6.92 Å². The first-order chi connectivity index (χ1) is 10.2. The highest BCUT2D eigenvalue weighted by Crippen LogP contribution is 2.11. The molecule has 0 aliphatic carbocycles. The Kier molecular flexibility index (Phi) is 6.16. The normalized spacial score (nSPS) is 10.1. The van der Waals surface area contributed by atoms with Crippen LogP contribution in [-0.2, 0) is 4.79 Å². The van der Waals surface area contributed by atoms with Gasteiger partial charge in [0, 0.05) is 11.4 Å². The van der Waals surface area contributed by atoms with E-state index in [1.807, 2.05) is 61.5 Å². The molecule has 0 unspecified atom stereocenters. The van der Waals surface area contributed by atoms with Crippen molar-refractivity contribution in [3.8, 4) is 5.75 Å². The first-order valence-corrected chi connectivity index (χ1v) is 8.01. The van der Waals surface area contributed by atoms with Crippen molar-refractivity contribution in [3.05, 3.63) is 60.2 Å². The van der Waals surface area contributed by atoms with Gasteiger partial charge in [-0.15, -0.1) is 11.8 Å². The number of anilines is 1. The molecule has 0 saturated heterocycles. The lowest BCUT2D eigenvalue weighted by Gasteiger charge is -2.07. The Hall–Kier alpha value is -1.94. The minimum absolute atomic E-state index is 0.0172. The van der Waals surface area contributed by atoms with E-state index in [2.05, 4.69) is 5.32 Å². The summed E-state index contributed by atoms with van der Waals surface area (Å²) in [6, 6.07) is 17.5. The van der Waals surface area contributed by atoms with E-state index in [4.69, 9.17) is 4.74 Å². The largest absolute Gasteiger partial charge is 0.493 e. The Labute approximate surface area is 129 Å². The maximum absolute atomic E-state index is 11.8. The fourth-order valence-electron chi connectivity index (χ4n) is 1.73. The molecule has 3 nitrogen and oxygen atoms in total. The van der Waals surface area contributed by atoms with Gasteiger partial charge in [0.1, 0.15) is 5.75 Å². The van der Waals surface area contributed by atoms with Crippen molar-refractivity contribution >= 4 is 23.4 Å². The molecule has 0 spiro atoms. The molecule has 21 heavy (non-hydrogen) atoms. The van der Waals surface area contributed by atoms with E-state index in [0.717, 1.165) is 17.2 Å². The Balaban J connectivity index is 1.60. The summed E-state index contributed by atoms with van der Waals surface area (Å²) in [6.45, 7) is 2.63. The minimum atomic E-state index is 0.0172. The maximum Gasteiger partial charge on any atom is 0.234 e. The number of hydrogen-bond acceptors (Lipinski definition) is 3. The van der Waals surface area contributed by atoms with Gasteiger partial charge in [0.25, 0.3) is 0 Å². The lowest BCUT2D eigenvalue weighted by molar-refractivity contribution is -0.113. The predicted molar refractivity (Wildman–Crippen MR) is 89.1 cm³/mol. The van der Waals surface area contributed by atoms with Gasteiger partial charge in [0.15, 0.2) is 0 Å². The number of carbonyl (C=O) groups is 1. The molecule has 0 radical (unpaired) electrons. The molecule has 0 heterocycles. The Morgan fingerprint density at radius 1 is 1.10 bits per heavy atom. The van der Waals surface area contributed by atoms with Crippen LogP contribution in [0, 0.1) is 6.92 Å². The SMILES string of the molecule is Cc1ccc(NC(=O)CSCCOc2ccccc2)cc1. The molecule has 4 heteroatoms. The maximum atomic E-state index is 11.8. The standard InChI is InChI=1S/C17H19NO2S/c1-14-7-9-15(10-8-14)18-17(19)13-21-12-11-20-16-5-3-2-4-6-16/h2-10H,11-13H2,1H3,(H,18,19). The molecular weight excluding hydrogens is 282 g/mol. The van der Waals surface area contributed by atoms with Gasteiger partial charge in [0.2, 0.25) is 5.91 Å². The summed E-state index contributed by atoms with van der Waals surface area (Å²) in [5.41, 5.74) is 2.02. The van der Waals surface area contributed by atoms with E-state index in [-0.39, 0.29) is 5.91 Å². The smallest absolute Gasteiger partial charge is 0.234 e. The molecule has 2 aromatic rings. The summed E-state index contributed by atoms with van der Waals surface area (Å²) in [5.74, 6) is 2.10. The number of aryl methyl sites for hydroxylation is 1. The van der Waals surface area contributed by atoms with Crippen LogP contribution in [0.2, 0.25) is 0 Å². The van der Waals surface area contributed by atoms with Crippen LogP contribution in [0.4, 0.5) is 5.69 Å². The van der Waals surface area contributed by atoms with Gasteiger partial charge in [-0.25, -0.2) is 0 Å². The van der Waals surface area contributed by atoms with Crippen LogP contribution in [0.15, 0.2) is 54.6 Å². The second-order valence-corrected chi connectivity index (χ2v) is 5.73. The second kappa shape index (κ2) is 8.37. The summed E-state index contributed by atoms with van der Waals surface area (Å²) < 4.78 is 5.57. The minimum Gasteiger partial charge on any atom is -0.493 e. The van der Waals surface area contributed by atoms with Gasteiger partial charge in [0.05, 0.1) is 12.4 Å². The van der Waals surface area contributed by atoms with Gasteiger partial charge >= 0.3 is 0 Å². The number of carbonyl (C=O) groups excluding carboxylic acids is 1. The summed E-state index contributed by atoms with van der Waals surface area (Å²) in [4.78, 5) is 11.8.